The second-order valence-electron chi connectivity index (χ2n) is 4.24. The number of hydrogen-bond acceptors (Lipinski definition) is 4. The number of hydrogen-bond donors (Lipinski definition) is 1. The van der Waals surface area contributed by atoms with Crippen LogP contribution in [0.25, 0.3) is 5.65 Å². The Morgan fingerprint density at radius 2 is 2.00 bits per heavy atom. The van der Waals surface area contributed by atoms with Gasteiger partial charge in [-0.25, -0.2) is 4.79 Å². The molecule has 0 amide bonds. The molecule has 20 heavy (non-hydrogen) atoms. The summed E-state index contributed by atoms with van der Waals surface area (Å²) in [5.74, 6) is -1.35. The van der Waals surface area contributed by atoms with Gasteiger partial charge in [-0.15, -0.1) is 10.2 Å². The van der Waals surface area contributed by atoms with Gasteiger partial charge in [0.15, 0.2) is 10.8 Å². The zero-order chi connectivity index (χ0) is 15.1. The molecule has 9 heteroatoms. The SMILES string of the molecule is CC(C)Sc1nnc2c(C(=O)O)ccc(C(F)(F)F)n12. The fraction of sp³-hybridized carbons (Fsp3) is 0.364. The summed E-state index contributed by atoms with van der Waals surface area (Å²) in [5, 5.41) is 16.2. The molecule has 0 saturated heterocycles. The molecule has 0 aliphatic rings. The maximum Gasteiger partial charge on any atom is 0.431 e. The maximum absolute atomic E-state index is 13.0. The van der Waals surface area contributed by atoms with E-state index in [1.165, 1.54) is 0 Å². The topological polar surface area (TPSA) is 67.5 Å². The van der Waals surface area contributed by atoms with Gasteiger partial charge in [0, 0.05) is 5.25 Å². The van der Waals surface area contributed by atoms with Crippen LogP contribution in [-0.4, -0.2) is 30.9 Å². The molecule has 0 unspecified atom stereocenters. The molecular weight excluding hydrogens is 295 g/mol. The number of fused-ring (bicyclic) bond motifs is 1. The van der Waals surface area contributed by atoms with Crippen LogP contribution >= 0.6 is 11.8 Å². The fourth-order valence-corrected chi connectivity index (χ4v) is 2.45. The van der Waals surface area contributed by atoms with E-state index < -0.39 is 17.8 Å². The molecule has 1 N–H and O–H groups in total. The molecule has 0 radical (unpaired) electrons. The van der Waals surface area contributed by atoms with Gasteiger partial charge in [0.2, 0.25) is 0 Å². The first-order valence-corrected chi connectivity index (χ1v) is 6.45. The van der Waals surface area contributed by atoms with Crippen molar-refractivity contribution in [1.29, 1.82) is 0 Å². The van der Waals surface area contributed by atoms with E-state index in [4.69, 9.17) is 5.11 Å². The van der Waals surface area contributed by atoms with Crippen LogP contribution in [-0.2, 0) is 6.18 Å². The van der Waals surface area contributed by atoms with E-state index in [9.17, 15) is 18.0 Å². The molecule has 0 fully saturated rings. The Bertz CT molecular complexity index is 667. The largest absolute Gasteiger partial charge is 0.478 e. The Kier molecular flexibility index (Phi) is 3.63. The molecule has 5 nitrogen and oxygen atoms in total. The molecule has 0 spiro atoms. The third kappa shape index (κ3) is 2.58. The van der Waals surface area contributed by atoms with Crippen LogP contribution in [0.5, 0.6) is 0 Å². The maximum atomic E-state index is 13.0. The van der Waals surface area contributed by atoms with Crippen LogP contribution in [0.3, 0.4) is 0 Å². The number of rotatable bonds is 3. The number of aromatic nitrogens is 3. The highest BCUT2D eigenvalue weighted by Crippen LogP contribution is 2.33. The summed E-state index contributed by atoms with van der Waals surface area (Å²) in [6, 6.07) is 1.61. The Morgan fingerprint density at radius 1 is 1.35 bits per heavy atom. The van der Waals surface area contributed by atoms with Gasteiger partial charge in [-0.1, -0.05) is 25.6 Å². The van der Waals surface area contributed by atoms with Gasteiger partial charge in [0.1, 0.15) is 11.3 Å². The van der Waals surface area contributed by atoms with Gasteiger partial charge in [-0.05, 0) is 12.1 Å². The van der Waals surface area contributed by atoms with E-state index in [1.807, 2.05) is 0 Å². The number of aromatic carboxylic acids is 1. The summed E-state index contributed by atoms with van der Waals surface area (Å²) in [5.41, 5.74) is -1.62. The first kappa shape index (κ1) is 14.6. The molecular formula is C11H10F3N3O2S. The van der Waals surface area contributed by atoms with E-state index in [-0.39, 0.29) is 21.6 Å². The Labute approximate surface area is 115 Å². The molecule has 2 heterocycles. The van der Waals surface area contributed by atoms with Crippen molar-refractivity contribution in [1.82, 2.24) is 14.6 Å². The Hall–Kier alpha value is -1.77. The lowest BCUT2D eigenvalue weighted by molar-refractivity contribution is -0.142. The first-order chi connectivity index (χ1) is 9.21. The number of pyridine rings is 1. The third-order valence-corrected chi connectivity index (χ3v) is 3.33. The highest BCUT2D eigenvalue weighted by molar-refractivity contribution is 7.99. The summed E-state index contributed by atoms with van der Waals surface area (Å²) in [6.45, 7) is 3.58. The number of alkyl halides is 3. The first-order valence-electron chi connectivity index (χ1n) is 5.57. The van der Waals surface area contributed by atoms with Crippen molar-refractivity contribution in [2.24, 2.45) is 0 Å². The van der Waals surface area contributed by atoms with Crippen LogP contribution < -0.4 is 0 Å². The Balaban J connectivity index is 2.78. The van der Waals surface area contributed by atoms with Crippen molar-refractivity contribution in [2.45, 2.75) is 30.4 Å². The standard InChI is InChI=1S/C11H10F3N3O2S/c1-5(2)20-10-16-15-8-6(9(18)19)3-4-7(17(8)10)11(12,13)14/h3-5H,1-2H3,(H,18,19). The van der Waals surface area contributed by atoms with E-state index in [0.717, 1.165) is 28.3 Å². The quantitative estimate of drug-likeness (QED) is 0.883. The molecule has 0 bridgehead atoms. The zero-order valence-corrected chi connectivity index (χ0v) is 11.3. The van der Waals surface area contributed by atoms with Crippen molar-refractivity contribution in [2.75, 3.05) is 0 Å². The average molecular weight is 305 g/mol. The van der Waals surface area contributed by atoms with Crippen LogP contribution in [0.4, 0.5) is 13.2 Å². The summed E-state index contributed by atoms with van der Waals surface area (Å²) in [7, 11) is 0. The van der Waals surface area contributed by atoms with Gasteiger partial charge < -0.3 is 5.11 Å². The van der Waals surface area contributed by atoms with Crippen molar-refractivity contribution >= 4 is 23.4 Å². The number of thioether (sulfide) groups is 1. The second kappa shape index (κ2) is 4.97. The molecule has 108 valence electrons. The number of carboxylic acids is 1. The third-order valence-electron chi connectivity index (χ3n) is 2.38. The zero-order valence-electron chi connectivity index (χ0n) is 10.5. The summed E-state index contributed by atoms with van der Waals surface area (Å²) < 4.78 is 39.8. The number of nitrogens with zero attached hydrogens (tertiary/aromatic N) is 3. The minimum atomic E-state index is -4.62. The van der Waals surface area contributed by atoms with Crippen molar-refractivity contribution < 1.29 is 23.1 Å². The van der Waals surface area contributed by atoms with Gasteiger partial charge >= 0.3 is 12.1 Å². The predicted molar refractivity (Wildman–Crippen MR) is 65.9 cm³/mol. The highest BCUT2D eigenvalue weighted by atomic mass is 32.2. The number of carboxylic acid groups (broad SMARTS) is 1. The van der Waals surface area contributed by atoms with E-state index in [2.05, 4.69) is 10.2 Å². The van der Waals surface area contributed by atoms with E-state index in [1.54, 1.807) is 13.8 Å². The van der Waals surface area contributed by atoms with E-state index >= 15 is 0 Å². The van der Waals surface area contributed by atoms with Crippen molar-refractivity contribution in [3.8, 4) is 0 Å². The predicted octanol–water partition coefficient (Wildman–Crippen LogP) is 2.95. The van der Waals surface area contributed by atoms with Crippen molar-refractivity contribution in [3.63, 3.8) is 0 Å². The summed E-state index contributed by atoms with van der Waals surface area (Å²) in [4.78, 5) is 11.0. The number of halogens is 3. The molecule has 0 aliphatic carbocycles. The molecule has 0 aromatic carbocycles. The van der Waals surface area contributed by atoms with Crippen LogP contribution in [0.2, 0.25) is 0 Å². The molecule has 0 saturated carbocycles. The second-order valence-corrected chi connectivity index (χ2v) is 5.79. The fourth-order valence-electron chi connectivity index (χ4n) is 1.65. The van der Waals surface area contributed by atoms with Gasteiger partial charge in [-0.2, -0.15) is 13.2 Å². The summed E-state index contributed by atoms with van der Waals surface area (Å²) in [6.07, 6.45) is -4.62. The van der Waals surface area contributed by atoms with Gasteiger partial charge in [-0.3, -0.25) is 4.40 Å². The van der Waals surface area contributed by atoms with Crippen LogP contribution in [0.1, 0.15) is 29.9 Å². The van der Waals surface area contributed by atoms with Gasteiger partial charge in [0.25, 0.3) is 0 Å². The monoisotopic (exact) mass is 305 g/mol. The van der Waals surface area contributed by atoms with Gasteiger partial charge in [0.05, 0.1) is 0 Å². The molecule has 0 aliphatic heterocycles. The smallest absolute Gasteiger partial charge is 0.431 e. The lowest BCUT2D eigenvalue weighted by Gasteiger charge is -2.12. The molecule has 2 aromatic rings. The van der Waals surface area contributed by atoms with Crippen LogP contribution in [0, 0.1) is 0 Å². The van der Waals surface area contributed by atoms with Crippen molar-refractivity contribution in [3.05, 3.63) is 23.4 Å². The lowest BCUT2D eigenvalue weighted by atomic mass is 10.2. The number of carbonyl (C=O) groups is 1. The summed E-state index contributed by atoms with van der Waals surface area (Å²) >= 11 is 1.08. The van der Waals surface area contributed by atoms with E-state index in [0.29, 0.717) is 0 Å². The minimum absolute atomic E-state index is 0.0167. The molecule has 2 rings (SSSR count). The highest BCUT2D eigenvalue weighted by Gasteiger charge is 2.36. The minimum Gasteiger partial charge on any atom is -0.478 e. The Morgan fingerprint density at radius 3 is 2.50 bits per heavy atom. The molecule has 0 atom stereocenters. The normalized spacial score (nSPS) is 12.3. The lowest BCUT2D eigenvalue weighted by Crippen LogP contribution is -2.14. The van der Waals surface area contributed by atoms with Crippen LogP contribution in [0.15, 0.2) is 17.3 Å². The molecule has 2 aromatic heterocycles. The average Bonchev–Trinajstić information content (AvgIpc) is 2.69.